The van der Waals surface area contributed by atoms with Gasteiger partial charge < -0.3 is 10.2 Å². The minimum atomic E-state index is -3.75. The Kier molecular flexibility index (Phi) is 8.47. The summed E-state index contributed by atoms with van der Waals surface area (Å²) >= 11 is 5.91. The van der Waals surface area contributed by atoms with Crippen molar-refractivity contribution in [3.05, 3.63) is 64.7 Å². The summed E-state index contributed by atoms with van der Waals surface area (Å²) in [7, 11) is -3.75. The predicted octanol–water partition coefficient (Wildman–Crippen LogP) is 2.97. The lowest BCUT2D eigenvalue weighted by molar-refractivity contribution is -0.139. The summed E-state index contributed by atoms with van der Waals surface area (Å²) in [5.41, 5.74) is 2.19. The molecule has 2 aromatic carbocycles. The Morgan fingerprint density at radius 3 is 2.32 bits per heavy atom. The lowest BCUT2D eigenvalue weighted by atomic mass is 10.1. The normalized spacial score (nSPS) is 12.2. The Morgan fingerprint density at radius 2 is 1.77 bits per heavy atom. The zero-order valence-electron chi connectivity index (χ0n) is 18.1. The fraction of sp³-hybridized carbons (Fsp3) is 0.364. The first-order valence-corrected chi connectivity index (χ1v) is 12.1. The number of amides is 2. The molecule has 2 aromatic rings. The van der Waals surface area contributed by atoms with E-state index in [9.17, 15) is 18.0 Å². The van der Waals surface area contributed by atoms with Crippen molar-refractivity contribution in [2.24, 2.45) is 0 Å². The second-order valence-electron chi connectivity index (χ2n) is 7.33. The average Bonchev–Trinajstić information content (AvgIpc) is 2.70. The molecule has 1 N–H and O–H groups in total. The van der Waals surface area contributed by atoms with Crippen LogP contribution in [0.15, 0.2) is 48.5 Å². The van der Waals surface area contributed by atoms with Gasteiger partial charge in [-0.3, -0.25) is 13.9 Å². The van der Waals surface area contributed by atoms with E-state index in [2.05, 4.69) is 5.32 Å². The molecular weight excluding hydrogens is 438 g/mol. The van der Waals surface area contributed by atoms with E-state index in [1.54, 1.807) is 26.0 Å². The third-order valence-corrected chi connectivity index (χ3v) is 6.14. The smallest absolute Gasteiger partial charge is 0.244 e. The minimum absolute atomic E-state index is 0.178. The number of hydrogen-bond donors (Lipinski definition) is 1. The molecule has 0 bridgehead atoms. The lowest BCUT2D eigenvalue weighted by Crippen LogP contribution is -2.51. The molecule has 31 heavy (non-hydrogen) atoms. The second kappa shape index (κ2) is 10.6. The fourth-order valence-electron chi connectivity index (χ4n) is 3.13. The molecule has 0 spiro atoms. The maximum absolute atomic E-state index is 13.3. The van der Waals surface area contributed by atoms with Gasteiger partial charge in [0.1, 0.15) is 12.6 Å². The summed E-state index contributed by atoms with van der Waals surface area (Å²) in [5.74, 6) is -0.790. The highest BCUT2D eigenvalue weighted by Gasteiger charge is 2.29. The van der Waals surface area contributed by atoms with Crippen molar-refractivity contribution in [2.75, 3.05) is 23.7 Å². The number of carbonyl (C=O) groups is 2. The molecule has 0 radical (unpaired) electrons. The zero-order valence-corrected chi connectivity index (χ0v) is 19.7. The first kappa shape index (κ1) is 24.7. The van der Waals surface area contributed by atoms with Gasteiger partial charge in [-0.1, -0.05) is 41.4 Å². The predicted molar refractivity (Wildman–Crippen MR) is 124 cm³/mol. The van der Waals surface area contributed by atoms with E-state index >= 15 is 0 Å². The van der Waals surface area contributed by atoms with E-state index in [0.29, 0.717) is 17.3 Å². The second-order valence-corrected chi connectivity index (χ2v) is 9.67. The number of hydrogen-bond acceptors (Lipinski definition) is 4. The zero-order chi connectivity index (χ0) is 23.2. The lowest BCUT2D eigenvalue weighted by Gasteiger charge is -2.31. The van der Waals surface area contributed by atoms with Crippen molar-refractivity contribution in [3.63, 3.8) is 0 Å². The van der Waals surface area contributed by atoms with Gasteiger partial charge in [-0.05, 0) is 50.6 Å². The number of likely N-dealkylation sites (N-methyl/N-ethyl adjacent to an activating group) is 1. The molecule has 2 amide bonds. The van der Waals surface area contributed by atoms with Crippen LogP contribution in [0.5, 0.6) is 0 Å². The van der Waals surface area contributed by atoms with Gasteiger partial charge in [0.05, 0.1) is 11.9 Å². The van der Waals surface area contributed by atoms with Crippen LogP contribution in [-0.4, -0.2) is 50.5 Å². The van der Waals surface area contributed by atoms with E-state index in [0.717, 1.165) is 21.7 Å². The number of nitrogens with zero attached hydrogens (tertiary/aromatic N) is 2. The third-order valence-electron chi connectivity index (χ3n) is 4.75. The van der Waals surface area contributed by atoms with Crippen LogP contribution in [0.25, 0.3) is 0 Å². The molecule has 0 fully saturated rings. The number of sulfonamides is 1. The number of carbonyl (C=O) groups excluding carboxylic acids is 2. The Labute approximate surface area is 189 Å². The van der Waals surface area contributed by atoms with Crippen molar-refractivity contribution in [1.82, 2.24) is 10.2 Å². The van der Waals surface area contributed by atoms with Gasteiger partial charge in [-0.15, -0.1) is 0 Å². The number of benzene rings is 2. The topological polar surface area (TPSA) is 86.8 Å². The van der Waals surface area contributed by atoms with Crippen molar-refractivity contribution >= 4 is 39.1 Å². The van der Waals surface area contributed by atoms with Crippen LogP contribution < -0.4 is 9.62 Å². The Balaban J connectivity index is 2.37. The number of anilines is 1. The molecule has 7 nitrogen and oxygen atoms in total. The summed E-state index contributed by atoms with van der Waals surface area (Å²) in [5, 5.41) is 3.17. The monoisotopic (exact) mass is 465 g/mol. The van der Waals surface area contributed by atoms with E-state index in [1.807, 2.05) is 31.2 Å². The molecule has 1 atom stereocenters. The summed E-state index contributed by atoms with van der Waals surface area (Å²) in [6.07, 6.45) is 1.03. The van der Waals surface area contributed by atoms with Crippen LogP contribution >= 0.6 is 11.6 Å². The summed E-state index contributed by atoms with van der Waals surface area (Å²) in [6.45, 7) is 5.53. The van der Waals surface area contributed by atoms with Crippen LogP contribution in [-0.2, 0) is 26.2 Å². The van der Waals surface area contributed by atoms with Gasteiger partial charge in [-0.2, -0.15) is 0 Å². The Bertz CT molecular complexity index is 1030. The number of rotatable bonds is 9. The molecule has 0 saturated carbocycles. The molecule has 0 aliphatic rings. The SMILES string of the molecule is CCNC(=O)[C@@H](C)N(Cc1cccc(C)c1)C(=O)CN(c1ccc(Cl)cc1)S(C)(=O)=O. The number of halogens is 1. The largest absolute Gasteiger partial charge is 0.355 e. The standard InChI is InChI=1S/C22H28ClN3O4S/c1-5-24-22(28)17(3)25(14-18-8-6-7-16(2)13-18)21(27)15-26(31(4,29)30)20-11-9-19(23)10-12-20/h6-13,17H,5,14-15H2,1-4H3,(H,24,28)/t17-/m1/s1. The highest BCUT2D eigenvalue weighted by atomic mass is 35.5. The maximum Gasteiger partial charge on any atom is 0.244 e. The van der Waals surface area contributed by atoms with Crippen LogP contribution in [0, 0.1) is 6.92 Å². The van der Waals surface area contributed by atoms with Crippen molar-refractivity contribution in [2.45, 2.75) is 33.4 Å². The van der Waals surface area contributed by atoms with Gasteiger partial charge in [-0.25, -0.2) is 8.42 Å². The first-order valence-electron chi connectivity index (χ1n) is 9.89. The maximum atomic E-state index is 13.3. The molecule has 9 heteroatoms. The van der Waals surface area contributed by atoms with Gasteiger partial charge in [0.25, 0.3) is 0 Å². The number of nitrogens with one attached hydrogen (secondary N) is 1. The van der Waals surface area contributed by atoms with Crippen molar-refractivity contribution < 1.29 is 18.0 Å². The quantitative estimate of drug-likeness (QED) is 0.616. The highest BCUT2D eigenvalue weighted by Crippen LogP contribution is 2.21. The fourth-order valence-corrected chi connectivity index (χ4v) is 4.11. The van der Waals surface area contributed by atoms with Gasteiger partial charge in [0, 0.05) is 18.1 Å². The van der Waals surface area contributed by atoms with Gasteiger partial charge >= 0.3 is 0 Å². The third kappa shape index (κ3) is 6.97. The van der Waals surface area contributed by atoms with Crippen molar-refractivity contribution in [3.8, 4) is 0 Å². The summed E-state index contributed by atoms with van der Waals surface area (Å²) < 4.78 is 25.9. The van der Waals surface area contributed by atoms with Crippen LogP contribution in [0.3, 0.4) is 0 Å². The summed E-state index contributed by atoms with van der Waals surface area (Å²) in [4.78, 5) is 27.2. The molecule has 0 aromatic heterocycles. The summed E-state index contributed by atoms with van der Waals surface area (Å²) in [6, 6.07) is 13.0. The minimum Gasteiger partial charge on any atom is -0.355 e. The van der Waals surface area contributed by atoms with E-state index in [4.69, 9.17) is 11.6 Å². The van der Waals surface area contributed by atoms with Gasteiger partial charge in [0.15, 0.2) is 0 Å². The molecule has 2 rings (SSSR count). The van der Waals surface area contributed by atoms with Crippen molar-refractivity contribution in [1.29, 1.82) is 0 Å². The van der Waals surface area contributed by atoms with Crippen LogP contribution in [0.1, 0.15) is 25.0 Å². The average molecular weight is 466 g/mol. The molecular formula is C22H28ClN3O4S. The van der Waals surface area contributed by atoms with Crippen LogP contribution in [0.4, 0.5) is 5.69 Å². The Morgan fingerprint density at radius 1 is 1.13 bits per heavy atom. The van der Waals surface area contributed by atoms with E-state index in [-0.39, 0.29) is 12.5 Å². The molecule has 168 valence electrons. The Hall–Kier alpha value is -2.58. The van der Waals surface area contributed by atoms with E-state index in [1.165, 1.54) is 17.0 Å². The molecule has 0 aliphatic carbocycles. The first-order chi connectivity index (χ1) is 14.5. The van der Waals surface area contributed by atoms with Gasteiger partial charge in [0.2, 0.25) is 21.8 Å². The highest BCUT2D eigenvalue weighted by molar-refractivity contribution is 7.92. The number of aryl methyl sites for hydroxylation is 1. The van der Waals surface area contributed by atoms with Crippen LogP contribution in [0.2, 0.25) is 5.02 Å². The van der Waals surface area contributed by atoms with E-state index < -0.39 is 28.5 Å². The molecule has 0 aliphatic heterocycles. The molecule has 0 saturated heterocycles. The molecule has 0 heterocycles. The molecule has 0 unspecified atom stereocenters.